The first-order valence-electron chi connectivity index (χ1n) is 4.44. The van der Waals surface area contributed by atoms with Crippen molar-refractivity contribution in [2.24, 2.45) is 5.41 Å². The second kappa shape index (κ2) is 3.18. The highest BCUT2D eigenvalue weighted by atomic mass is 35.7. The summed E-state index contributed by atoms with van der Waals surface area (Å²) in [4.78, 5) is 10.9. The molecule has 0 amide bonds. The Morgan fingerprint density at radius 1 is 1.50 bits per heavy atom. The molecule has 0 aromatic rings. The summed E-state index contributed by atoms with van der Waals surface area (Å²) in [6, 6.07) is 0. The molecule has 1 heterocycles. The first-order chi connectivity index (χ1) is 6.39. The number of rotatable bonds is 2. The molecule has 1 aliphatic carbocycles. The van der Waals surface area contributed by atoms with E-state index in [1.807, 2.05) is 0 Å². The number of carbonyl (C=O) groups is 1. The van der Waals surface area contributed by atoms with Crippen LogP contribution < -0.4 is 0 Å². The van der Waals surface area contributed by atoms with Crippen molar-refractivity contribution < 1.29 is 17.9 Å². The summed E-state index contributed by atoms with van der Waals surface area (Å²) in [6.07, 6.45) is 1.38. The highest BCUT2D eigenvalue weighted by Crippen LogP contribution is 2.47. The average molecular weight is 239 g/mol. The van der Waals surface area contributed by atoms with E-state index in [4.69, 9.17) is 15.4 Å². The summed E-state index contributed by atoms with van der Waals surface area (Å²) in [6.45, 7) is 0.496. The van der Waals surface area contributed by atoms with Gasteiger partial charge in [0.1, 0.15) is 5.78 Å². The number of Topliss-reactive ketones (excluding diaryl/α,β-unsaturated/α-hetero) is 1. The van der Waals surface area contributed by atoms with Gasteiger partial charge < -0.3 is 4.74 Å². The molecule has 0 radical (unpaired) electrons. The zero-order valence-corrected chi connectivity index (χ0v) is 9.10. The first-order valence-corrected chi connectivity index (χ1v) is 6.92. The molecule has 14 heavy (non-hydrogen) atoms. The Balaban J connectivity index is 1.93. The average Bonchev–Trinajstić information content (AvgIpc) is 2.27. The maximum Gasteiger partial charge on any atom is 0.235 e. The molecule has 0 N–H and O–H groups in total. The van der Waals surface area contributed by atoms with Gasteiger partial charge in [-0.25, -0.2) is 8.42 Å². The summed E-state index contributed by atoms with van der Waals surface area (Å²) in [7, 11) is 1.63. The highest BCUT2D eigenvalue weighted by molar-refractivity contribution is 8.13. The Kier molecular flexibility index (Phi) is 2.36. The lowest BCUT2D eigenvalue weighted by Gasteiger charge is -2.34. The minimum absolute atomic E-state index is 0.0661. The van der Waals surface area contributed by atoms with Crippen molar-refractivity contribution in [2.75, 3.05) is 12.4 Å². The summed E-state index contributed by atoms with van der Waals surface area (Å²) >= 11 is 0. The molecule has 4 nitrogen and oxygen atoms in total. The number of ketones is 1. The van der Waals surface area contributed by atoms with E-state index < -0.39 is 9.05 Å². The fourth-order valence-electron chi connectivity index (χ4n) is 2.26. The van der Waals surface area contributed by atoms with E-state index in [1.54, 1.807) is 0 Å². The highest BCUT2D eigenvalue weighted by Gasteiger charge is 2.49. The Labute approximate surface area is 87.0 Å². The zero-order valence-electron chi connectivity index (χ0n) is 7.53. The Morgan fingerprint density at radius 3 is 2.64 bits per heavy atom. The maximum atomic E-state index is 10.9. The molecule has 80 valence electrons. The van der Waals surface area contributed by atoms with Crippen LogP contribution in [0.4, 0.5) is 0 Å². The van der Waals surface area contributed by atoms with E-state index in [0.29, 0.717) is 25.9 Å². The van der Waals surface area contributed by atoms with E-state index in [2.05, 4.69) is 0 Å². The molecule has 0 aromatic carbocycles. The van der Waals surface area contributed by atoms with Gasteiger partial charge in [0, 0.05) is 28.9 Å². The second-order valence-electron chi connectivity index (χ2n) is 4.23. The van der Waals surface area contributed by atoms with Crippen molar-refractivity contribution in [1.82, 2.24) is 0 Å². The van der Waals surface area contributed by atoms with Crippen LogP contribution in [0.25, 0.3) is 0 Å². The lowest BCUT2D eigenvalue weighted by molar-refractivity contribution is -0.132. The Morgan fingerprint density at radius 2 is 2.14 bits per heavy atom. The first kappa shape index (κ1) is 10.4. The molecule has 1 saturated heterocycles. The van der Waals surface area contributed by atoms with Gasteiger partial charge in [-0.1, -0.05) is 0 Å². The normalized spacial score (nSPS) is 30.6. The van der Waals surface area contributed by atoms with Gasteiger partial charge >= 0.3 is 0 Å². The molecule has 2 fully saturated rings. The van der Waals surface area contributed by atoms with E-state index >= 15 is 0 Å². The van der Waals surface area contributed by atoms with Crippen LogP contribution in [0.5, 0.6) is 0 Å². The maximum absolute atomic E-state index is 10.9. The molecule has 6 heteroatoms. The second-order valence-corrected chi connectivity index (χ2v) is 7.06. The third-order valence-electron chi connectivity index (χ3n) is 2.82. The molecule has 0 bridgehead atoms. The third-order valence-corrected chi connectivity index (χ3v) is 3.96. The van der Waals surface area contributed by atoms with Gasteiger partial charge in [0.2, 0.25) is 9.05 Å². The van der Waals surface area contributed by atoms with E-state index in [1.165, 1.54) is 0 Å². The minimum atomic E-state index is -3.49. The summed E-state index contributed by atoms with van der Waals surface area (Å²) in [5, 5.41) is 0. The summed E-state index contributed by atoms with van der Waals surface area (Å²) in [5.41, 5.74) is -0.0661. The van der Waals surface area contributed by atoms with E-state index in [-0.39, 0.29) is 23.1 Å². The Hall–Kier alpha value is -0.130. The standard InChI is InChI=1S/C8H11ClO4S/c9-14(11,12)4-7-3-8(5-13-7)1-6(10)2-8/h7H,1-5H2. The van der Waals surface area contributed by atoms with Crippen LogP contribution in [0.2, 0.25) is 0 Å². The summed E-state index contributed by atoms with van der Waals surface area (Å²) in [5.74, 6) is 0.0906. The molecular formula is C8H11ClO4S. The van der Waals surface area contributed by atoms with Crippen molar-refractivity contribution in [2.45, 2.75) is 25.4 Å². The van der Waals surface area contributed by atoms with Crippen molar-refractivity contribution in [1.29, 1.82) is 0 Å². The van der Waals surface area contributed by atoms with Crippen LogP contribution >= 0.6 is 10.7 Å². The van der Waals surface area contributed by atoms with Gasteiger partial charge in [0.05, 0.1) is 18.5 Å². The molecule has 1 spiro atoms. The lowest BCUT2D eigenvalue weighted by atomic mass is 9.67. The Bertz CT molecular complexity index is 354. The van der Waals surface area contributed by atoms with E-state index in [9.17, 15) is 13.2 Å². The zero-order chi connectivity index (χ0) is 10.4. The number of hydrogen-bond donors (Lipinski definition) is 0. The third kappa shape index (κ3) is 2.10. The molecule has 1 aliphatic heterocycles. The topological polar surface area (TPSA) is 60.4 Å². The van der Waals surface area contributed by atoms with Crippen molar-refractivity contribution in [3.8, 4) is 0 Å². The van der Waals surface area contributed by atoms with Gasteiger partial charge in [-0.15, -0.1) is 0 Å². The fourth-order valence-corrected chi connectivity index (χ4v) is 3.34. The van der Waals surface area contributed by atoms with Gasteiger partial charge in [0.25, 0.3) is 0 Å². The smallest absolute Gasteiger partial charge is 0.235 e. The number of carbonyl (C=O) groups excluding carboxylic acids is 1. The fraction of sp³-hybridized carbons (Fsp3) is 0.875. The van der Waals surface area contributed by atoms with E-state index in [0.717, 1.165) is 0 Å². The van der Waals surface area contributed by atoms with Crippen LogP contribution in [0, 0.1) is 5.41 Å². The van der Waals surface area contributed by atoms with Crippen LogP contribution in [-0.2, 0) is 18.6 Å². The van der Waals surface area contributed by atoms with Crippen LogP contribution in [-0.4, -0.2) is 32.7 Å². The monoisotopic (exact) mass is 238 g/mol. The summed E-state index contributed by atoms with van der Waals surface area (Å²) < 4.78 is 26.9. The molecule has 2 aliphatic rings. The van der Waals surface area contributed by atoms with Crippen LogP contribution in [0.1, 0.15) is 19.3 Å². The number of hydrogen-bond acceptors (Lipinski definition) is 4. The van der Waals surface area contributed by atoms with Crippen molar-refractivity contribution in [3.05, 3.63) is 0 Å². The SMILES string of the molecule is O=C1CC2(COC(CS(=O)(=O)Cl)C2)C1. The molecule has 2 rings (SSSR count). The molecule has 1 saturated carbocycles. The van der Waals surface area contributed by atoms with Crippen LogP contribution in [0.3, 0.4) is 0 Å². The van der Waals surface area contributed by atoms with Gasteiger partial charge in [-0.3, -0.25) is 4.79 Å². The van der Waals surface area contributed by atoms with Gasteiger partial charge in [0.15, 0.2) is 0 Å². The van der Waals surface area contributed by atoms with Crippen LogP contribution in [0.15, 0.2) is 0 Å². The minimum Gasteiger partial charge on any atom is -0.376 e. The number of ether oxygens (including phenoxy) is 1. The lowest BCUT2D eigenvalue weighted by Crippen LogP contribution is -2.38. The molecule has 1 atom stereocenters. The van der Waals surface area contributed by atoms with Crippen molar-refractivity contribution in [3.63, 3.8) is 0 Å². The quantitative estimate of drug-likeness (QED) is 0.665. The molecular weight excluding hydrogens is 228 g/mol. The predicted molar refractivity (Wildman–Crippen MR) is 50.7 cm³/mol. The van der Waals surface area contributed by atoms with Gasteiger partial charge in [-0.2, -0.15) is 0 Å². The predicted octanol–water partition coefficient (Wildman–Crippen LogP) is 0.693. The molecule has 0 aromatic heterocycles. The van der Waals surface area contributed by atoms with Gasteiger partial charge in [-0.05, 0) is 6.42 Å². The molecule has 1 unspecified atom stereocenters. The van der Waals surface area contributed by atoms with Crippen molar-refractivity contribution >= 4 is 25.5 Å². The largest absolute Gasteiger partial charge is 0.376 e. The number of halogens is 1.